The van der Waals surface area contributed by atoms with E-state index in [9.17, 15) is 9.59 Å². The van der Waals surface area contributed by atoms with Gasteiger partial charge in [0, 0.05) is 68.6 Å². The number of aromatic nitrogens is 4. The summed E-state index contributed by atoms with van der Waals surface area (Å²) in [5, 5.41) is 0. The van der Waals surface area contributed by atoms with Crippen molar-refractivity contribution in [1.29, 1.82) is 0 Å². The number of allylic oxidation sites excluding steroid dienone is 6. The van der Waals surface area contributed by atoms with Crippen molar-refractivity contribution in [1.82, 2.24) is 19.9 Å². The van der Waals surface area contributed by atoms with Crippen LogP contribution in [0.25, 0.3) is 34.2 Å². The third-order valence-corrected chi connectivity index (χ3v) is 9.53. The first kappa shape index (κ1) is 34.3. The average molecular weight is 683 g/mol. The van der Waals surface area contributed by atoms with Gasteiger partial charge in [-0.3, -0.25) is 19.6 Å². The predicted octanol–water partition coefficient (Wildman–Crippen LogP) is 10.3. The SMILES string of the molecule is CC1(C)Cc2cc3[nH]c(cc4nc(cc5[nH]c(cc1n2)cc5C(=O)/C=C/C=C/c1ccccc1)CC4(C)C)cc3C(=O)/C=C/C=C/c1ccccc1. The molecule has 0 aliphatic carbocycles. The minimum absolute atomic E-state index is 0.0972. The van der Waals surface area contributed by atoms with Gasteiger partial charge in [-0.15, -0.1) is 0 Å². The maximum absolute atomic E-state index is 13.6. The Balaban J connectivity index is 1.33. The number of rotatable bonds is 8. The van der Waals surface area contributed by atoms with Crippen LogP contribution in [0, 0.1) is 0 Å². The zero-order chi connectivity index (χ0) is 36.3. The molecule has 3 aromatic heterocycles. The van der Waals surface area contributed by atoms with Crippen LogP contribution in [-0.2, 0) is 23.7 Å². The van der Waals surface area contributed by atoms with Crippen molar-refractivity contribution in [3.63, 3.8) is 0 Å². The maximum atomic E-state index is 13.6. The lowest BCUT2D eigenvalue weighted by molar-refractivity contribution is 0.104. The van der Waals surface area contributed by atoms with E-state index in [0.717, 1.165) is 44.9 Å². The second-order valence-electron chi connectivity index (χ2n) is 14.8. The fraction of sp³-hybridized carbons (Fsp3) is 0.174. The highest BCUT2D eigenvalue weighted by Gasteiger charge is 2.30. The van der Waals surface area contributed by atoms with Crippen LogP contribution in [0.4, 0.5) is 0 Å². The number of ketones is 2. The Morgan fingerprint density at radius 1 is 0.558 bits per heavy atom. The quantitative estimate of drug-likeness (QED) is 0.0968. The molecule has 0 radical (unpaired) electrons. The molecule has 258 valence electrons. The van der Waals surface area contributed by atoms with E-state index in [-0.39, 0.29) is 22.4 Å². The highest BCUT2D eigenvalue weighted by molar-refractivity contribution is 6.11. The lowest BCUT2D eigenvalue weighted by Crippen LogP contribution is -2.15. The van der Waals surface area contributed by atoms with Gasteiger partial charge in [0.1, 0.15) is 0 Å². The van der Waals surface area contributed by atoms with Gasteiger partial charge < -0.3 is 9.97 Å². The van der Waals surface area contributed by atoms with Gasteiger partial charge in [-0.1, -0.05) is 125 Å². The standard InChI is InChI=1S/C46H42N4O2/c1-45(2)29-35-25-39-38(42(52)22-14-12-20-32-17-9-6-10-18-32)24-34(48-39)28-44-46(3,4)30-36(50-44)26-40-37(23-33(47-40)27-43(45)49-35)41(51)21-13-11-19-31-15-7-5-8-16-31/h5-28,47-48H,29-30H2,1-4H3/b19-11+,20-12+,21-13+,22-14+,33-27?,34-28?,35-25?,36-26?,39-25?,40-26?,43-27?,44-28?. The molecule has 6 heteroatoms. The molecule has 0 unspecified atom stereocenters. The van der Waals surface area contributed by atoms with Crippen LogP contribution in [0.15, 0.2) is 134 Å². The molecule has 52 heavy (non-hydrogen) atoms. The van der Waals surface area contributed by atoms with Gasteiger partial charge >= 0.3 is 0 Å². The van der Waals surface area contributed by atoms with Crippen LogP contribution in [-0.4, -0.2) is 31.5 Å². The largest absolute Gasteiger partial charge is 0.355 e. The highest BCUT2D eigenvalue weighted by atomic mass is 16.1. The summed E-state index contributed by atoms with van der Waals surface area (Å²) in [4.78, 5) is 44.4. The molecular formula is C46H42N4O2. The molecule has 0 saturated carbocycles. The summed E-state index contributed by atoms with van der Waals surface area (Å²) in [6.45, 7) is 8.65. The third-order valence-electron chi connectivity index (χ3n) is 9.53. The van der Waals surface area contributed by atoms with Crippen LogP contribution < -0.4 is 0 Å². The molecule has 5 aromatic rings. The fourth-order valence-corrected chi connectivity index (χ4v) is 6.73. The van der Waals surface area contributed by atoms with E-state index in [4.69, 9.17) is 9.97 Å². The number of carbonyl (C=O) groups is 2. The molecule has 7 rings (SSSR count). The summed E-state index contributed by atoms with van der Waals surface area (Å²) in [5.41, 5.74) is 9.31. The third kappa shape index (κ3) is 7.77. The minimum atomic E-state index is -0.266. The van der Waals surface area contributed by atoms with Crippen molar-refractivity contribution in [3.8, 4) is 0 Å². The summed E-state index contributed by atoms with van der Waals surface area (Å²) in [5.74, 6) is -0.194. The van der Waals surface area contributed by atoms with E-state index < -0.39 is 0 Å². The normalized spacial score (nSPS) is 15.3. The van der Waals surface area contributed by atoms with Crippen molar-refractivity contribution >= 4 is 45.8 Å². The van der Waals surface area contributed by atoms with Gasteiger partial charge in [-0.2, -0.15) is 0 Å². The van der Waals surface area contributed by atoms with Crippen molar-refractivity contribution in [2.75, 3.05) is 0 Å². The predicted molar refractivity (Wildman–Crippen MR) is 212 cm³/mol. The second kappa shape index (κ2) is 14.2. The molecule has 0 fully saturated rings. The Bertz CT molecular complexity index is 2270. The number of hydrogen-bond acceptors (Lipinski definition) is 4. The van der Waals surface area contributed by atoms with E-state index in [1.54, 1.807) is 24.3 Å². The first-order chi connectivity index (χ1) is 25.0. The Labute approximate surface area is 304 Å². The van der Waals surface area contributed by atoms with Crippen LogP contribution in [0.3, 0.4) is 0 Å². The van der Waals surface area contributed by atoms with Crippen molar-refractivity contribution in [3.05, 3.63) is 179 Å². The zero-order valence-electron chi connectivity index (χ0n) is 30.0. The van der Waals surface area contributed by atoms with Gasteiger partial charge in [-0.05, 0) is 59.7 Å². The number of hydrogen-bond donors (Lipinski definition) is 2. The Morgan fingerprint density at radius 2 is 0.962 bits per heavy atom. The van der Waals surface area contributed by atoms with Crippen molar-refractivity contribution in [2.24, 2.45) is 0 Å². The van der Waals surface area contributed by atoms with E-state index in [1.807, 2.05) is 121 Å². The molecular weight excluding hydrogens is 641 g/mol. The first-order valence-corrected chi connectivity index (χ1v) is 17.7. The number of benzene rings is 2. The number of fused-ring (bicyclic) bond motifs is 8. The molecule has 2 aliphatic heterocycles. The lowest BCUT2D eigenvalue weighted by atomic mass is 9.87. The zero-order valence-corrected chi connectivity index (χ0v) is 30.0. The minimum Gasteiger partial charge on any atom is -0.355 e. The van der Waals surface area contributed by atoms with Gasteiger partial charge in [0.25, 0.3) is 0 Å². The number of nitrogens with zero attached hydrogens (tertiary/aromatic N) is 2. The first-order valence-electron chi connectivity index (χ1n) is 17.7. The van der Waals surface area contributed by atoms with Crippen LogP contribution in [0.2, 0.25) is 0 Å². The molecule has 8 bridgehead atoms. The average Bonchev–Trinajstić information content (AvgIpc) is 3.85. The van der Waals surface area contributed by atoms with Crippen LogP contribution >= 0.6 is 0 Å². The molecule has 6 nitrogen and oxygen atoms in total. The Kier molecular flexibility index (Phi) is 9.39. The number of H-pyrrole nitrogens is 2. The van der Waals surface area contributed by atoms with E-state index in [1.165, 1.54) is 0 Å². The van der Waals surface area contributed by atoms with Crippen LogP contribution in [0.1, 0.15) is 82.3 Å². The molecule has 2 aliphatic rings. The number of aromatic amines is 2. The molecule has 0 spiro atoms. The number of nitrogens with one attached hydrogen (secondary N) is 2. The second-order valence-corrected chi connectivity index (χ2v) is 14.8. The van der Waals surface area contributed by atoms with Gasteiger partial charge in [0.2, 0.25) is 0 Å². The number of carbonyl (C=O) groups excluding carboxylic acids is 2. The maximum Gasteiger partial charge on any atom is 0.187 e. The molecule has 0 amide bonds. The topological polar surface area (TPSA) is 91.5 Å². The molecule has 0 atom stereocenters. The van der Waals surface area contributed by atoms with Crippen molar-refractivity contribution < 1.29 is 9.59 Å². The fourth-order valence-electron chi connectivity index (χ4n) is 6.73. The molecule has 2 N–H and O–H groups in total. The van der Waals surface area contributed by atoms with Gasteiger partial charge in [0.05, 0.1) is 11.0 Å². The molecule has 5 heterocycles. The summed E-state index contributed by atoms with van der Waals surface area (Å²) >= 11 is 0. The Morgan fingerprint density at radius 3 is 1.37 bits per heavy atom. The van der Waals surface area contributed by atoms with Gasteiger partial charge in [0.15, 0.2) is 11.6 Å². The van der Waals surface area contributed by atoms with E-state index in [0.29, 0.717) is 35.0 Å². The lowest BCUT2D eigenvalue weighted by Gasteiger charge is -2.15. The summed E-state index contributed by atoms with van der Waals surface area (Å²) in [6.07, 6.45) is 15.9. The smallest absolute Gasteiger partial charge is 0.187 e. The summed E-state index contributed by atoms with van der Waals surface area (Å²) < 4.78 is 0. The van der Waals surface area contributed by atoms with Crippen LogP contribution in [0.5, 0.6) is 0 Å². The van der Waals surface area contributed by atoms with E-state index in [2.05, 4.69) is 37.7 Å². The highest BCUT2D eigenvalue weighted by Crippen LogP contribution is 2.34. The summed E-state index contributed by atoms with van der Waals surface area (Å²) in [7, 11) is 0. The van der Waals surface area contributed by atoms with E-state index >= 15 is 0 Å². The summed E-state index contributed by atoms with van der Waals surface area (Å²) in [6, 6.07) is 31.8. The molecule has 2 aromatic carbocycles. The van der Waals surface area contributed by atoms with Crippen molar-refractivity contribution in [2.45, 2.75) is 51.4 Å². The monoisotopic (exact) mass is 682 g/mol. The Hall–Kier alpha value is -6.14. The van der Waals surface area contributed by atoms with Gasteiger partial charge in [-0.25, -0.2) is 0 Å². The molecule has 0 saturated heterocycles.